The summed E-state index contributed by atoms with van der Waals surface area (Å²) >= 11 is 0. The van der Waals surface area contributed by atoms with Gasteiger partial charge in [-0.25, -0.2) is 0 Å². The molecule has 2 rings (SSSR count). The van der Waals surface area contributed by atoms with E-state index in [2.05, 4.69) is 15.5 Å². The van der Waals surface area contributed by atoms with Crippen molar-refractivity contribution in [2.45, 2.75) is 19.5 Å². The van der Waals surface area contributed by atoms with Crippen LogP contribution in [0.1, 0.15) is 12.3 Å². The zero-order valence-corrected chi connectivity index (χ0v) is 10.4. The summed E-state index contributed by atoms with van der Waals surface area (Å²) in [6.07, 6.45) is -6.07. The third-order valence-electron chi connectivity index (χ3n) is 2.28. The van der Waals surface area contributed by atoms with Crippen LogP contribution in [0.15, 0.2) is 28.7 Å². The first-order valence-electron chi connectivity index (χ1n) is 5.61. The number of amides is 1. The van der Waals surface area contributed by atoms with Crippen molar-refractivity contribution in [1.29, 1.82) is 0 Å². The second kappa shape index (κ2) is 5.32. The minimum atomic E-state index is -4.54. The summed E-state index contributed by atoms with van der Waals surface area (Å²) in [7, 11) is 0. The molecule has 0 aliphatic heterocycles. The highest BCUT2D eigenvalue weighted by Crippen LogP contribution is 2.23. The van der Waals surface area contributed by atoms with E-state index in [4.69, 9.17) is 4.42 Å². The van der Waals surface area contributed by atoms with E-state index < -0.39 is 18.5 Å². The SMILES string of the molecule is Cc1nnc(-c2cccc(NC(=O)CC(F)(F)F)c2)o1. The first-order chi connectivity index (χ1) is 9.33. The minimum absolute atomic E-state index is 0.229. The lowest BCUT2D eigenvalue weighted by molar-refractivity contribution is -0.150. The van der Waals surface area contributed by atoms with E-state index in [1.165, 1.54) is 12.1 Å². The molecule has 0 radical (unpaired) electrons. The predicted molar refractivity (Wildman–Crippen MR) is 63.8 cm³/mol. The van der Waals surface area contributed by atoms with Crippen molar-refractivity contribution in [1.82, 2.24) is 10.2 Å². The van der Waals surface area contributed by atoms with E-state index in [-0.39, 0.29) is 11.6 Å². The first-order valence-corrected chi connectivity index (χ1v) is 5.61. The Morgan fingerprint density at radius 3 is 2.70 bits per heavy atom. The Morgan fingerprint density at radius 1 is 1.35 bits per heavy atom. The van der Waals surface area contributed by atoms with Crippen molar-refractivity contribution in [3.63, 3.8) is 0 Å². The van der Waals surface area contributed by atoms with E-state index in [1.54, 1.807) is 19.1 Å². The van der Waals surface area contributed by atoms with Crippen LogP contribution in [0.3, 0.4) is 0 Å². The monoisotopic (exact) mass is 285 g/mol. The largest absolute Gasteiger partial charge is 0.421 e. The van der Waals surface area contributed by atoms with Crippen molar-refractivity contribution in [3.05, 3.63) is 30.2 Å². The Hall–Kier alpha value is -2.38. The molecular formula is C12H10F3N3O2. The molecule has 2 aromatic rings. The quantitative estimate of drug-likeness (QED) is 0.941. The molecule has 0 fully saturated rings. The van der Waals surface area contributed by atoms with E-state index in [1.807, 2.05) is 0 Å². The summed E-state index contributed by atoms with van der Waals surface area (Å²) in [5.41, 5.74) is 0.739. The summed E-state index contributed by atoms with van der Waals surface area (Å²) in [6, 6.07) is 6.15. The van der Waals surface area contributed by atoms with Gasteiger partial charge in [-0.1, -0.05) is 6.07 Å². The van der Waals surface area contributed by atoms with Gasteiger partial charge < -0.3 is 9.73 Å². The Bertz CT molecular complexity index is 622. The number of nitrogens with zero attached hydrogens (tertiary/aromatic N) is 2. The molecule has 0 saturated heterocycles. The molecule has 0 atom stereocenters. The molecule has 1 aromatic heterocycles. The third-order valence-corrected chi connectivity index (χ3v) is 2.28. The van der Waals surface area contributed by atoms with Gasteiger partial charge in [0.2, 0.25) is 17.7 Å². The molecular weight excluding hydrogens is 275 g/mol. The van der Waals surface area contributed by atoms with Crippen molar-refractivity contribution < 1.29 is 22.4 Å². The van der Waals surface area contributed by atoms with Gasteiger partial charge in [-0.2, -0.15) is 13.2 Å². The number of aryl methyl sites for hydroxylation is 1. The van der Waals surface area contributed by atoms with Gasteiger partial charge in [0.15, 0.2) is 0 Å². The molecule has 0 bridgehead atoms. The van der Waals surface area contributed by atoms with Crippen LogP contribution >= 0.6 is 0 Å². The zero-order valence-electron chi connectivity index (χ0n) is 10.4. The van der Waals surface area contributed by atoms with Crippen LogP contribution in [0.5, 0.6) is 0 Å². The standard InChI is InChI=1S/C12H10F3N3O2/c1-7-17-18-11(20-7)8-3-2-4-9(5-8)16-10(19)6-12(13,14)15/h2-5H,6H2,1H3,(H,16,19). The molecule has 1 aromatic carbocycles. The molecule has 1 amide bonds. The molecule has 106 valence electrons. The Morgan fingerprint density at radius 2 is 2.10 bits per heavy atom. The average Bonchev–Trinajstić information content (AvgIpc) is 2.73. The number of rotatable bonds is 3. The van der Waals surface area contributed by atoms with Gasteiger partial charge in [0.1, 0.15) is 6.42 Å². The molecule has 0 spiro atoms. The Balaban J connectivity index is 2.12. The van der Waals surface area contributed by atoms with Crippen LogP contribution in [-0.2, 0) is 4.79 Å². The Labute approximate surface area is 111 Å². The third kappa shape index (κ3) is 3.81. The van der Waals surface area contributed by atoms with Crippen LogP contribution < -0.4 is 5.32 Å². The van der Waals surface area contributed by atoms with E-state index in [0.717, 1.165) is 0 Å². The lowest BCUT2D eigenvalue weighted by Gasteiger charge is -2.08. The van der Waals surface area contributed by atoms with E-state index in [9.17, 15) is 18.0 Å². The molecule has 0 saturated carbocycles. The van der Waals surface area contributed by atoms with Gasteiger partial charge in [0.25, 0.3) is 0 Å². The minimum Gasteiger partial charge on any atom is -0.421 e. The summed E-state index contributed by atoms with van der Waals surface area (Å²) in [5, 5.41) is 9.60. The highest BCUT2D eigenvalue weighted by atomic mass is 19.4. The van der Waals surface area contributed by atoms with Crippen molar-refractivity contribution in [2.24, 2.45) is 0 Å². The van der Waals surface area contributed by atoms with E-state index in [0.29, 0.717) is 11.5 Å². The average molecular weight is 285 g/mol. The number of carbonyl (C=O) groups is 1. The van der Waals surface area contributed by atoms with Gasteiger partial charge in [-0.15, -0.1) is 10.2 Å². The first kappa shape index (κ1) is 14.0. The normalized spacial score (nSPS) is 11.4. The van der Waals surface area contributed by atoms with Crippen LogP contribution in [0, 0.1) is 6.92 Å². The van der Waals surface area contributed by atoms with Crippen LogP contribution in [0.2, 0.25) is 0 Å². The number of nitrogens with one attached hydrogen (secondary N) is 1. The van der Waals surface area contributed by atoms with Gasteiger partial charge in [-0.3, -0.25) is 4.79 Å². The van der Waals surface area contributed by atoms with Crippen molar-refractivity contribution in [2.75, 3.05) is 5.32 Å². The van der Waals surface area contributed by atoms with Gasteiger partial charge >= 0.3 is 6.18 Å². The second-order valence-corrected chi connectivity index (χ2v) is 4.05. The summed E-state index contributed by atoms with van der Waals surface area (Å²) in [4.78, 5) is 11.2. The zero-order chi connectivity index (χ0) is 14.8. The molecule has 0 unspecified atom stereocenters. The van der Waals surface area contributed by atoms with Gasteiger partial charge in [0, 0.05) is 18.2 Å². The predicted octanol–water partition coefficient (Wildman–Crippen LogP) is 2.94. The van der Waals surface area contributed by atoms with Crippen molar-refractivity contribution in [3.8, 4) is 11.5 Å². The molecule has 0 aliphatic carbocycles. The number of anilines is 1. The molecule has 8 heteroatoms. The number of hydrogen-bond donors (Lipinski definition) is 1. The molecule has 1 N–H and O–H groups in total. The Kier molecular flexibility index (Phi) is 3.73. The molecule has 1 heterocycles. The number of alkyl halides is 3. The maximum atomic E-state index is 12.1. The number of halogens is 3. The molecule has 0 aliphatic rings. The second-order valence-electron chi connectivity index (χ2n) is 4.05. The lowest BCUT2D eigenvalue weighted by atomic mass is 10.2. The topological polar surface area (TPSA) is 68.0 Å². The number of aromatic nitrogens is 2. The van der Waals surface area contributed by atoms with Gasteiger partial charge in [0.05, 0.1) is 0 Å². The fourth-order valence-electron chi connectivity index (χ4n) is 1.53. The number of hydrogen-bond acceptors (Lipinski definition) is 4. The highest BCUT2D eigenvalue weighted by molar-refractivity contribution is 5.91. The maximum absolute atomic E-state index is 12.1. The smallest absolute Gasteiger partial charge is 0.397 e. The highest BCUT2D eigenvalue weighted by Gasteiger charge is 2.31. The molecule has 20 heavy (non-hydrogen) atoms. The fraction of sp³-hybridized carbons (Fsp3) is 0.250. The maximum Gasteiger partial charge on any atom is 0.397 e. The number of carbonyl (C=O) groups excluding carboxylic acids is 1. The van der Waals surface area contributed by atoms with Crippen LogP contribution in [0.4, 0.5) is 18.9 Å². The van der Waals surface area contributed by atoms with Crippen LogP contribution in [-0.4, -0.2) is 22.3 Å². The fourth-order valence-corrected chi connectivity index (χ4v) is 1.53. The van der Waals surface area contributed by atoms with E-state index >= 15 is 0 Å². The van der Waals surface area contributed by atoms with Gasteiger partial charge in [-0.05, 0) is 18.2 Å². The van der Waals surface area contributed by atoms with Crippen LogP contribution in [0.25, 0.3) is 11.5 Å². The summed E-state index contributed by atoms with van der Waals surface area (Å²) in [6.45, 7) is 1.62. The van der Waals surface area contributed by atoms with Crippen molar-refractivity contribution >= 4 is 11.6 Å². The summed E-state index contributed by atoms with van der Waals surface area (Å²) < 4.78 is 41.4. The summed E-state index contributed by atoms with van der Waals surface area (Å²) in [5.74, 6) is -0.530. The lowest BCUT2D eigenvalue weighted by Crippen LogP contribution is -2.21. The molecule has 5 nitrogen and oxygen atoms in total. The number of benzene rings is 1.